The lowest BCUT2D eigenvalue weighted by Gasteiger charge is -2.13. The molecule has 3 N–H and O–H groups in total. The number of nitrogens with zero attached hydrogens (tertiary/aromatic N) is 3. The third-order valence-electron chi connectivity index (χ3n) is 3.29. The molecule has 2 rings (SSSR count). The van der Waals surface area contributed by atoms with Gasteiger partial charge in [-0.25, -0.2) is 27.7 Å². The molecule has 28 heavy (non-hydrogen) atoms. The van der Waals surface area contributed by atoms with Gasteiger partial charge in [0.05, 0.1) is 25.0 Å². The van der Waals surface area contributed by atoms with Gasteiger partial charge in [-0.15, -0.1) is 4.36 Å². The molecule has 1 unspecified atom stereocenters. The summed E-state index contributed by atoms with van der Waals surface area (Å²) in [6.45, 7) is 0. The van der Waals surface area contributed by atoms with Crippen LogP contribution in [-0.2, 0) is 39.2 Å². The minimum atomic E-state index is -4.40. The lowest BCUT2D eigenvalue weighted by Crippen LogP contribution is -2.22. The van der Waals surface area contributed by atoms with Crippen molar-refractivity contribution in [3.63, 3.8) is 0 Å². The van der Waals surface area contributed by atoms with Crippen LogP contribution >= 0.6 is 11.6 Å². The summed E-state index contributed by atoms with van der Waals surface area (Å²) in [7, 11) is -7.61. The molecule has 0 fully saturated rings. The number of pyridine rings is 1. The molecule has 0 radical (unpaired) electrons. The lowest BCUT2D eigenvalue weighted by atomic mass is 10.1. The first-order valence-electron chi connectivity index (χ1n) is 7.28. The molecule has 2 heterocycles. The number of amidine groups is 1. The molecular weight excluding hydrogens is 440 g/mol. The van der Waals surface area contributed by atoms with Gasteiger partial charge >= 0.3 is 5.97 Å². The maximum absolute atomic E-state index is 12.3. The molecule has 0 aliphatic carbocycles. The molecule has 0 saturated heterocycles. The number of carbonyl (C=O) groups is 3. The minimum Gasteiger partial charge on any atom is -0.469 e. The van der Waals surface area contributed by atoms with Crippen molar-refractivity contribution in [3.05, 3.63) is 11.1 Å². The maximum Gasteiger partial charge on any atom is 0.305 e. The highest BCUT2D eigenvalue weighted by atomic mass is 35.5. The quantitative estimate of drug-likeness (QED) is 0.429. The van der Waals surface area contributed by atoms with E-state index in [1.165, 1.54) is 0 Å². The summed E-state index contributed by atoms with van der Waals surface area (Å²) in [5.74, 6) is -3.00. The number of esters is 1. The van der Waals surface area contributed by atoms with Crippen LogP contribution in [0.2, 0.25) is 5.02 Å². The number of sulfonamides is 1. The Balaban J connectivity index is 2.35. The summed E-state index contributed by atoms with van der Waals surface area (Å²) in [5, 5.41) is 2.85. The van der Waals surface area contributed by atoms with Crippen LogP contribution in [0.25, 0.3) is 0 Å². The number of methoxy groups -OCH3 is 1. The van der Waals surface area contributed by atoms with Crippen molar-refractivity contribution in [1.82, 2.24) is 4.98 Å². The number of aliphatic imine (C=N–C) groups is 1. The summed E-state index contributed by atoms with van der Waals surface area (Å²) >= 11 is 5.76. The minimum absolute atomic E-state index is 0.234. The fourth-order valence-corrected chi connectivity index (χ4v) is 4.15. The Morgan fingerprint density at radius 3 is 2.54 bits per heavy atom. The molecule has 1 aliphatic rings. The van der Waals surface area contributed by atoms with Crippen molar-refractivity contribution in [1.29, 1.82) is 0 Å². The Morgan fingerprint density at radius 1 is 1.32 bits per heavy atom. The molecule has 1 atom stereocenters. The van der Waals surface area contributed by atoms with Crippen LogP contribution in [0.5, 0.6) is 0 Å². The molecule has 0 aromatic carbocycles. The monoisotopic (exact) mass is 452 g/mol. The molecule has 0 spiro atoms. The predicted molar refractivity (Wildman–Crippen MR) is 95.1 cm³/mol. The fourth-order valence-electron chi connectivity index (χ4n) is 2.02. The van der Waals surface area contributed by atoms with Gasteiger partial charge in [0.1, 0.15) is 11.5 Å². The number of aromatic nitrogens is 1. The van der Waals surface area contributed by atoms with Gasteiger partial charge in [-0.2, -0.15) is 0 Å². The number of hydrogen-bond acceptors (Lipinski definition) is 10. The molecular formula is C13H13ClN4O8S2. The lowest BCUT2D eigenvalue weighted by molar-refractivity contribution is -0.142. The first-order valence-corrected chi connectivity index (χ1v) is 10.7. The van der Waals surface area contributed by atoms with Gasteiger partial charge in [-0.05, 0) is 6.07 Å². The highest BCUT2D eigenvalue weighted by Crippen LogP contribution is 2.33. The van der Waals surface area contributed by atoms with E-state index < -0.39 is 64.9 Å². The maximum atomic E-state index is 12.3. The Bertz CT molecular complexity index is 1140. The van der Waals surface area contributed by atoms with Crippen LogP contribution in [0.1, 0.15) is 19.3 Å². The number of Topliss-reactive ketones (excluding diaryl/α,β-unsaturated/α-hetero) is 2. The van der Waals surface area contributed by atoms with E-state index in [0.29, 0.717) is 0 Å². The number of primary sulfonamides is 1. The topological polar surface area (TPSA) is 196 Å². The van der Waals surface area contributed by atoms with E-state index in [-0.39, 0.29) is 18.5 Å². The number of nitrogens with two attached hydrogens (primary N) is 1. The number of halogens is 1. The van der Waals surface area contributed by atoms with E-state index in [2.05, 4.69) is 19.1 Å². The van der Waals surface area contributed by atoms with Crippen molar-refractivity contribution in [3.8, 4) is 0 Å². The molecule has 12 nitrogen and oxygen atoms in total. The van der Waals surface area contributed by atoms with Gasteiger partial charge < -0.3 is 4.74 Å². The van der Waals surface area contributed by atoms with E-state index >= 15 is 0 Å². The number of carbonyl (C=O) groups excluding carboxylic acids is 3. The largest absolute Gasteiger partial charge is 0.469 e. The Labute approximate surface area is 164 Å². The van der Waals surface area contributed by atoms with E-state index in [9.17, 15) is 31.6 Å². The molecule has 1 aromatic heterocycles. The number of ether oxygens (including phenoxy) is 1. The number of rotatable bonds is 7. The number of ketones is 2. The molecule has 0 saturated carbocycles. The highest BCUT2D eigenvalue weighted by Gasteiger charge is 2.30. The zero-order chi connectivity index (χ0) is 21.3. The number of hydrogen-bond donors (Lipinski definition) is 2. The van der Waals surface area contributed by atoms with Crippen molar-refractivity contribution >= 4 is 60.7 Å². The molecule has 1 aromatic rings. The van der Waals surface area contributed by atoms with Crippen LogP contribution in [-0.4, -0.2) is 52.6 Å². The van der Waals surface area contributed by atoms with Crippen molar-refractivity contribution in [2.24, 2.45) is 14.5 Å². The molecule has 152 valence electrons. The summed E-state index contributed by atoms with van der Waals surface area (Å²) in [4.78, 5) is 42.1. The second kappa shape index (κ2) is 8.00. The van der Waals surface area contributed by atoms with Gasteiger partial charge in [0.15, 0.2) is 10.1 Å². The molecule has 1 aliphatic heterocycles. The fraction of sp³-hybridized carbons (Fsp3) is 0.308. The van der Waals surface area contributed by atoms with Gasteiger partial charge in [0.25, 0.3) is 10.0 Å². The average molecular weight is 453 g/mol. The third kappa shape index (κ3) is 4.96. The van der Waals surface area contributed by atoms with E-state index in [4.69, 9.17) is 16.7 Å². The van der Waals surface area contributed by atoms with Crippen LogP contribution in [0.3, 0.4) is 0 Å². The van der Waals surface area contributed by atoms with Crippen LogP contribution < -0.4 is 5.14 Å². The van der Waals surface area contributed by atoms with Crippen molar-refractivity contribution < 1.29 is 36.3 Å². The standard InChI is InChI=1S/C13H13ClN4O8S2/c1-26-10(21)3-2-6(19)4-9(20)11-16-8-5-7(14)12(27(15,22)23)17-13(8)28(24,25)18-11/h5H,2-4H2,1H3,(H2,15,22,23)(H,16,18,24,25). The molecule has 0 amide bonds. The molecule has 0 bridgehead atoms. The summed E-state index contributed by atoms with van der Waals surface area (Å²) in [6, 6.07) is 0.889. The average Bonchev–Trinajstić information content (AvgIpc) is 2.57. The highest BCUT2D eigenvalue weighted by molar-refractivity contribution is 7.89. The summed E-state index contributed by atoms with van der Waals surface area (Å²) in [6.07, 6.45) is -1.23. The van der Waals surface area contributed by atoms with Crippen LogP contribution in [0.15, 0.2) is 25.5 Å². The smallest absolute Gasteiger partial charge is 0.305 e. The first-order chi connectivity index (χ1) is 12.8. The number of fused-ring (bicyclic) bond motifs is 1. The summed E-state index contributed by atoms with van der Waals surface area (Å²) in [5.41, 5.74) is -0.370. The van der Waals surface area contributed by atoms with Crippen LogP contribution in [0.4, 0.5) is 5.69 Å². The second-order valence-electron chi connectivity index (χ2n) is 5.38. The van der Waals surface area contributed by atoms with Gasteiger partial charge in [-0.3, -0.25) is 18.9 Å². The van der Waals surface area contributed by atoms with Gasteiger partial charge in [0, 0.05) is 6.42 Å². The predicted octanol–water partition coefficient (Wildman–Crippen LogP) is 0.207. The van der Waals surface area contributed by atoms with Crippen molar-refractivity contribution in [2.45, 2.75) is 29.3 Å². The molecule has 15 heteroatoms. The van der Waals surface area contributed by atoms with Crippen molar-refractivity contribution in [2.75, 3.05) is 7.11 Å². The van der Waals surface area contributed by atoms with E-state index in [1.54, 1.807) is 0 Å². The SMILES string of the molecule is COC(=O)CCC(=O)CC(=O)C1=Nc2cc(Cl)c(S(N)(=O)=O)nc2S(=O)(O)=N1. The Morgan fingerprint density at radius 2 is 1.96 bits per heavy atom. The summed E-state index contributed by atoms with van der Waals surface area (Å²) < 4.78 is 52.9. The van der Waals surface area contributed by atoms with Crippen LogP contribution in [0, 0.1) is 0 Å². The Hall–Kier alpha value is -2.26. The van der Waals surface area contributed by atoms with Gasteiger partial charge in [-0.1, -0.05) is 11.6 Å². The van der Waals surface area contributed by atoms with Gasteiger partial charge in [0.2, 0.25) is 21.6 Å². The van der Waals surface area contributed by atoms with E-state index in [1.807, 2.05) is 0 Å². The normalized spacial score (nSPS) is 18.5. The zero-order valence-corrected chi connectivity index (χ0v) is 16.5. The first kappa shape index (κ1) is 22.0. The third-order valence-corrected chi connectivity index (χ3v) is 5.77. The Kier molecular flexibility index (Phi) is 6.30. The zero-order valence-electron chi connectivity index (χ0n) is 14.1. The second-order valence-corrected chi connectivity index (χ2v) is 8.83. The van der Waals surface area contributed by atoms with E-state index in [0.717, 1.165) is 13.2 Å².